The van der Waals surface area contributed by atoms with E-state index >= 15 is 0 Å². The molecule has 2 fully saturated rings. The molecule has 2 N–H and O–H groups in total. The van der Waals surface area contributed by atoms with E-state index < -0.39 is 12.1 Å². The Hall–Kier alpha value is -1.02. The average molecular weight is 378 g/mol. The molecule has 0 aromatic heterocycles. The van der Waals surface area contributed by atoms with E-state index in [9.17, 15) is 13.2 Å². The molecule has 5 nitrogen and oxygen atoms in total. The first kappa shape index (κ1) is 21.3. The van der Waals surface area contributed by atoms with Gasteiger partial charge in [0.1, 0.15) is 0 Å². The lowest BCUT2D eigenvalue weighted by atomic mass is 9.85. The van der Waals surface area contributed by atoms with Crippen LogP contribution in [-0.2, 0) is 4.74 Å². The highest BCUT2D eigenvalue weighted by Gasteiger charge is 2.42. The molecule has 0 aromatic rings. The first-order valence-electron chi connectivity index (χ1n) is 9.80. The smallest absolute Gasteiger partial charge is 0.379 e. The summed E-state index contributed by atoms with van der Waals surface area (Å²) in [6, 6.07) is -0.164. The topological polar surface area (TPSA) is 48.9 Å². The fourth-order valence-corrected chi connectivity index (χ4v) is 3.66. The van der Waals surface area contributed by atoms with Crippen molar-refractivity contribution in [2.45, 2.75) is 51.7 Å². The molecule has 0 aromatic carbocycles. The van der Waals surface area contributed by atoms with Crippen molar-refractivity contribution >= 4 is 5.96 Å². The zero-order valence-corrected chi connectivity index (χ0v) is 15.9. The number of rotatable bonds is 6. The Kier molecular flexibility index (Phi) is 8.47. The van der Waals surface area contributed by atoms with Crippen molar-refractivity contribution in [2.24, 2.45) is 16.8 Å². The lowest BCUT2D eigenvalue weighted by molar-refractivity contribution is -0.183. The lowest BCUT2D eigenvalue weighted by Gasteiger charge is -2.32. The standard InChI is InChI=1S/C18H33F3N4O/c1-3-22-17(23-12-14(2)13-25-7-9-26-10-8-25)24-16-6-4-5-15(11-16)18(19,20)21/h14-16H,3-13H2,1-2H3,(H2,22,23,24). The minimum Gasteiger partial charge on any atom is -0.379 e. The Labute approximate surface area is 154 Å². The van der Waals surface area contributed by atoms with Crippen LogP contribution in [0.15, 0.2) is 4.99 Å². The molecule has 0 spiro atoms. The third-order valence-electron chi connectivity index (χ3n) is 5.06. The van der Waals surface area contributed by atoms with Gasteiger partial charge in [0, 0.05) is 38.8 Å². The van der Waals surface area contributed by atoms with Crippen LogP contribution in [0.5, 0.6) is 0 Å². The van der Waals surface area contributed by atoms with E-state index in [4.69, 9.17) is 4.74 Å². The highest BCUT2D eigenvalue weighted by Crippen LogP contribution is 2.37. The lowest BCUT2D eigenvalue weighted by Crippen LogP contribution is -2.47. The number of morpholine rings is 1. The number of hydrogen-bond donors (Lipinski definition) is 2. The largest absolute Gasteiger partial charge is 0.391 e. The van der Waals surface area contributed by atoms with Crippen molar-refractivity contribution in [2.75, 3.05) is 45.9 Å². The molecule has 2 aliphatic rings. The number of nitrogens with one attached hydrogen (secondary N) is 2. The Bertz CT molecular complexity index is 439. The maximum absolute atomic E-state index is 13.0. The van der Waals surface area contributed by atoms with Gasteiger partial charge >= 0.3 is 6.18 Å². The summed E-state index contributed by atoms with van der Waals surface area (Å²) in [5.74, 6) is -0.177. The Morgan fingerprint density at radius 3 is 2.65 bits per heavy atom. The van der Waals surface area contributed by atoms with Crippen LogP contribution < -0.4 is 10.6 Å². The quantitative estimate of drug-likeness (QED) is 0.551. The molecular formula is C18H33F3N4O. The monoisotopic (exact) mass is 378 g/mol. The zero-order valence-electron chi connectivity index (χ0n) is 15.9. The number of nitrogens with zero attached hydrogens (tertiary/aromatic N) is 2. The number of aliphatic imine (C=N–C) groups is 1. The van der Waals surface area contributed by atoms with Crippen LogP contribution in [0.2, 0.25) is 0 Å². The Morgan fingerprint density at radius 2 is 2.00 bits per heavy atom. The van der Waals surface area contributed by atoms with E-state index in [1.54, 1.807) is 0 Å². The highest BCUT2D eigenvalue weighted by atomic mass is 19.4. The summed E-state index contributed by atoms with van der Waals surface area (Å²) in [5, 5.41) is 6.39. The predicted octanol–water partition coefficient (Wildman–Crippen LogP) is 2.63. The van der Waals surface area contributed by atoms with Gasteiger partial charge in [-0.15, -0.1) is 0 Å². The first-order chi connectivity index (χ1) is 12.4. The van der Waals surface area contributed by atoms with Gasteiger partial charge in [0.2, 0.25) is 0 Å². The summed E-state index contributed by atoms with van der Waals surface area (Å²) in [6.07, 6.45) is -2.35. The van der Waals surface area contributed by atoms with Gasteiger partial charge in [0.15, 0.2) is 5.96 Å². The van der Waals surface area contributed by atoms with Gasteiger partial charge in [-0.2, -0.15) is 13.2 Å². The van der Waals surface area contributed by atoms with Gasteiger partial charge < -0.3 is 15.4 Å². The first-order valence-corrected chi connectivity index (χ1v) is 9.80. The third kappa shape index (κ3) is 7.31. The SMILES string of the molecule is CCNC(=NCC(C)CN1CCOCC1)NC1CCCC(C(F)(F)F)C1. The molecule has 8 heteroatoms. The average Bonchev–Trinajstić information content (AvgIpc) is 2.60. The number of ether oxygens (including phenoxy) is 1. The number of halogens is 3. The van der Waals surface area contributed by atoms with E-state index in [2.05, 4.69) is 27.4 Å². The van der Waals surface area contributed by atoms with E-state index in [0.717, 1.165) is 39.3 Å². The molecule has 152 valence electrons. The van der Waals surface area contributed by atoms with E-state index in [-0.39, 0.29) is 18.9 Å². The fourth-order valence-electron chi connectivity index (χ4n) is 3.66. The molecule has 1 heterocycles. The molecule has 26 heavy (non-hydrogen) atoms. The molecular weight excluding hydrogens is 345 g/mol. The molecule has 3 atom stereocenters. The zero-order chi connectivity index (χ0) is 19.0. The fraction of sp³-hybridized carbons (Fsp3) is 0.944. The van der Waals surface area contributed by atoms with Crippen molar-refractivity contribution in [3.05, 3.63) is 0 Å². The molecule has 3 unspecified atom stereocenters. The second-order valence-corrected chi connectivity index (χ2v) is 7.48. The molecule has 1 aliphatic carbocycles. The minimum atomic E-state index is -4.09. The number of hydrogen-bond acceptors (Lipinski definition) is 3. The molecule has 2 rings (SSSR count). The van der Waals surface area contributed by atoms with Crippen molar-refractivity contribution in [3.63, 3.8) is 0 Å². The van der Waals surface area contributed by atoms with Crippen molar-refractivity contribution in [1.29, 1.82) is 0 Å². The maximum Gasteiger partial charge on any atom is 0.391 e. The van der Waals surface area contributed by atoms with Crippen molar-refractivity contribution in [1.82, 2.24) is 15.5 Å². The van der Waals surface area contributed by atoms with Gasteiger partial charge in [-0.3, -0.25) is 9.89 Å². The third-order valence-corrected chi connectivity index (χ3v) is 5.06. The highest BCUT2D eigenvalue weighted by molar-refractivity contribution is 5.80. The van der Waals surface area contributed by atoms with Crippen molar-refractivity contribution in [3.8, 4) is 0 Å². The molecule has 1 saturated carbocycles. The summed E-state index contributed by atoms with van der Waals surface area (Å²) >= 11 is 0. The van der Waals surface area contributed by atoms with E-state index in [1.165, 1.54) is 0 Å². The summed E-state index contributed by atoms with van der Waals surface area (Å²) < 4.78 is 44.3. The van der Waals surface area contributed by atoms with Crippen LogP contribution in [0.3, 0.4) is 0 Å². The molecule has 0 amide bonds. The van der Waals surface area contributed by atoms with Crippen LogP contribution >= 0.6 is 0 Å². The summed E-state index contributed by atoms with van der Waals surface area (Å²) in [5.41, 5.74) is 0. The van der Waals surface area contributed by atoms with Crippen molar-refractivity contribution < 1.29 is 17.9 Å². The normalized spacial score (nSPS) is 27.2. The second-order valence-electron chi connectivity index (χ2n) is 7.48. The van der Waals surface area contributed by atoms with Crippen LogP contribution in [-0.4, -0.2) is 69.0 Å². The van der Waals surface area contributed by atoms with Gasteiger partial charge in [0.05, 0.1) is 19.1 Å². The van der Waals surface area contributed by atoms with Crippen LogP contribution in [0.25, 0.3) is 0 Å². The summed E-state index contributed by atoms with van der Waals surface area (Å²) in [4.78, 5) is 6.99. The van der Waals surface area contributed by atoms with Crippen LogP contribution in [0.1, 0.15) is 39.5 Å². The Balaban J connectivity index is 1.83. The summed E-state index contributed by atoms with van der Waals surface area (Å²) in [6.45, 7) is 9.90. The molecule has 0 radical (unpaired) electrons. The van der Waals surface area contributed by atoms with E-state index in [0.29, 0.717) is 31.4 Å². The maximum atomic E-state index is 13.0. The second kappa shape index (κ2) is 10.3. The Morgan fingerprint density at radius 1 is 1.27 bits per heavy atom. The number of alkyl halides is 3. The summed E-state index contributed by atoms with van der Waals surface area (Å²) in [7, 11) is 0. The van der Waals surface area contributed by atoms with Gasteiger partial charge in [-0.25, -0.2) is 0 Å². The van der Waals surface area contributed by atoms with Gasteiger partial charge in [-0.05, 0) is 32.1 Å². The van der Waals surface area contributed by atoms with Crippen LogP contribution in [0, 0.1) is 11.8 Å². The predicted molar refractivity (Wildman–Crippen MR) is 97.3 cm³/mol. The molecule has 0 bridgehead atoms. The van der Waals surface area contributed by atoms with E-state index in [1.807, 2.05) is 6.92 Å². The minimum absolute atomic E-state index is 0.136. The van der Waals surface area contributed by atoms with Crippen LogP contribution in [0.4, 0.5) is 13.2 Å². The van der Waals surface area contributed by atoms with Gasteiger partial charge in [-0.1, -0.05) is 13.3 Å². The van der Waals surface area contributed by atoms with Gasteiger partial charge in [0.25, 0.3) is 0 Å². The number of guanidine groups is 1. The molecule has 1 aliphatic heterocycles. The molecule has 1 saturated heterocycles.